The molecular weight excluding hydrogens is 313 g/mol. The van der Waals surface area contributed by atoms with Crippen molar-refractivity contribution in [1.82, 2.24) is 0 Å². The number of nitrogens with one attached hydrogen (secondary N) is 1. The maximum Gasteiger partial charge on any atom is 0.330 e. The number of carboxylic acid groups (broad SMARTS) is 1. The molecule has 3 nitrogen and oxygen atoms in total. The molecule has 0 heterocycles. The lowest BCUT2D eigenvalue weighted by atomic mass is 10.1. The largest absolute Gasteiger partial charge is 0.479 e. The second kappa shape index (κ2) is 5.84. The molecule has 0 spiro atoms. The number of carbonyl (C=O) groups is 1. The van der Waals surface area contributed by atoms with Crippen molar-refractivity contribution >= 4 is 27.6 Å². The Morgan fingerprint density at radius 1 is 1.21 bits per heavy atom. The summed E-state index contributed by atoms with van der Waals surface area (Å²) >= 11 is 3.14. The molecule has 0 radical (unpaired) electrons. The van der Waals surface area contributed by atoms with E-state index >= 15 is 0 Å². The molecule has 1 unspecified atom stereocenters. The van der Waals surface area contributed by atoms with Crippen LogP contribution >= 0.6 is 15.9 Å². The van der Waals surface area contributed by atoms with Gasteiger partial charge in [-0.3, -0.25) is 0 Å². The number of carboxylic acids is 1. The van der Waals surface area contributed by atoms with Gasteiger partial charge in [0.2, 0.25) is 0 Å². The van der Waals surface area contributed by atoms with Crippen LogP contribution in [0.4, 0.5) is 10.1 Å². The third-order valence-electron chi connectivity index (χ3n) is 2.61. The zero-order chi connectivity index (χ0) is 13.8. The zero-order valence-corrected chi connectivity index (χ0v) is 11.4. The van der Waals surface area contributed by atoms with E-state index in [1.165, 1.54) is 12.1 Å². The highest BCUT2D eigenvalue weighted by atomic mass is 79.9. The van der Waals surface area contributed by atoms with Crippen LogP contribution in [0, 0.1) is 5.82 Å². The quantitative estimate of drug-likeness (QED) is 0.899. The second-order valence-corrected chi connectivity index (χ2v) is 4.86. The predicted molar refractivity (Wildman–Crippen MR) is 74.5 cm³/mol. The van der Waals surface area contributed by atoms with Crippen molar-refractivity contribution in [2.75, 3.05) is 5.32 Å². The summed E-state index contributed by atoms with van der Waals surface area (Å²) in [6.07, 6.45) is 0. The van der Waals surface area contributed by atoms with Gasteiger partial charge in [0.05, 0.1) is 0 Å². The second-order valence-electron chi connectivity index (χ2n) is 3.95. The van der Waals surface area contributed by atoms with Gasteiger partial charge in [0.25, 0.3) is 0 Å². The summed E-state index contributed by atoms with van der Waals surface area (Å²) in [7, 11) is 0. The maximum absolute atomic E-state index is 13.8. The highest BCUT2D eigenvalue weighted by Crippen LogP contribution is 2.24. The van der Waals surface area contributed by atoms with Crippen LogP contribution in [-0.2, 0) is 4.79 Å². The number of hydrogen-bond acceptors (Lipinski definition) is 2. The highest BCUT2D eigenvalue weighted by molar-refractivity contribution is 9.10. The summed E-state index contributed by atoms with van der Waals surface area (Å²) in [6, 6.07) is 12.0. The lowest BCUT2D eigenvalue weighted by Gasteiger charge is -2.17. The summed E-state index contributed by atoms with van der Waals surface area (Å²) < 4.78 is 14.4. The molecule has 0 amide bonds. The lowest BCUT2D eigenvalue weighted by Crippen LogP contribution is -2.21. The fourth-order valence-corrected chi connectivity index (χ4v) is 2.04. The molecule has 5 heteroatoms. The summed E-state index contributed by atoms with van der Waals surface area (Å²) in [4.78, 5) is 11.3. The van der Waals surface area contributed by atoms with Crippen LogP contribution in [0.2, 0.25) is 0 Å². The Morgan fingerprint density at radius 2 is 1.89 bits per heavy atom. The summed E-state index contributed by atoms with van der Waals surface area (Å²) in [5.41, 5.74) is 0.719. The third-order valence-corrected chi connectivity index (χ3v) is 3.10. The highest BCUT2D eigenvalue weighted by Gasteiger charge is 2.23. The van der Waals surface area contributed by atoms with Crippen LogP contribution < -0.4 is 5.32 Å². The van der Waals surface area contributed by atoms with Crippen LogP contribution in [-0.4, -0.2) is 11.1 Å². The SMILES string of the molecule is O=C(O)C(Nc1ccccc1)c1ccc(Br)cc1F. The molecule has 0 bridgehead atoms. The maximum atomic E-state index is 13.8. The molecule has 0 saturated carbocycles. The van der Waals surface area contributed by atoms with Crippen LogP contribution in [0.3, 0.4) is 0 Å². The molecule has 2 aromatic rings. The Morgan fingerprint density at radius 3 is 2.47 bits per heavy atom. The summed E-state index contributed by atoms with van der Waals surface area (Å²) in [5.74, 6) is -1.70. The summed E-state index contributed by atoms with van der Waals surface area (Å²) in [6.45, 7) is 0. The minimum atomic E-state index is -1.13. The Bertz CT molecular complexity index is 589. The first-order valence-corrected chi connectivity index (χ1v) is 6.36. The normalized spacial score (nSPS) is 11.9. The van der Waals surface area contributed by atoms with E-state index in [1.54, 1.807) is 30.3 Å². The van der Waals surface area contributed by atoms with Gasteiger partial charge in [-0.15, -0.1) is 0 Å². The van der Waals surface area contributed by atoms with Crippen LogP contribution in [0.5, 0.6) is 0 Å². The first kappa shape index (κ1) is 13.5. The van der Waals surface area contributed by atoms with E-state index in [1.807, 2.05) is 6.07 Å². The van der Waals surface area contributed by atoms with Crippen molar-refractivity contribution in [2.24, 2.45) is 0 Å². The molecule has 0 saturated heterocycles. The molecule has 98 valence electrons. The molecule has 2 N–H and O–H groups in total. The van der Waals surface area contributed by atoms with Gasteiger partial charge >= 0.3 is 5.97 Å². The smallest absolute Gasteiger partial charge is 0.330 e. The van der Waals surface area contributed by atoms with E-state index in [-0.39, 0.29) is 5.56 Å². The topological polar surface area (TPSA) is 49.3 Å². The Balaban J connectivity index is 2.33. The van der Waals surface area contributed by atoms with Gasteiger partial charge in [-0.1, -0.05) is 40.2 Å². The van der Waals surface area contributed by atoms with Gasteiger partial charge in [-0.2, -0.15) is 0 Å². The minimum Gasteiger partial charge on any atom is -0.479 e. The molecule has 0 aliphatic heterocycles. The lowest BCUT2D eigenvalue weighted by molar-refractivity contribution is -0.138. The van der Waals surface area contributed by atoms with E-state index in [9.17, 15) is 14.3 Å². The van der Waals surface area contributed by atoms with Gasteiger partial charge in [0, 0.05) is 15.7 Å². The molecule has 2 rings (SSSR count). The monoisotopic (exact) mass is 323 g/mol. The standard InChI is InChI=1S/C14H11BrFNO2/c15-9-6-7-11(12(16)8-9)13(14(18)19)17-10-4-2-1-3-5-10/h1-8,13,17H,(H,18,19). The van der Waals surface area contributed by atoms with Gasteiger partial charge in [0.1, 0.15) is 5.82 Å². The van der Waals surface area contributed by atoms with Gasteiger partial charge in [-0.25, -0.2) is 9.18 Å². The van der Waals surface area contributed by atoms with E-state index in [2.05, 4.69) is 21.2 Å². The number of halogens is 2. The molecule has 1 atom stereocenters. The van der Waals surface area contributed by atoms with E-state index < -0.39 is 17.8 Å². The average Bonchev–Trinajstić information content (AvgIpc) is 2.38. The molecule has 0 aromatic heterocycles. The Hall–Kier alpha value is -1.88. The van der Waals surface area contributed by atoms with Gasteiger partial charge < -0.3 is 10.4 Å². The van der Waals surface area contributed by atoms with E-state index in [0.717, 1.165) is 0 Å². The molecular formula is C14H11BrFNO2. The Labute approximate surface area is 118 Å². The van der Waals surface area contributed by atoms with E-state index in [0.29, 0.717) is 10.2 Å². The number of rotatable bonds is 4. The third kappa shape index (κ3) is 3.32. The van der Waals surface area contributed by atoms with E-state index in [4.69, 9.17) is 0 Å². The van der Waals surface area contributed by atoms with Crippen LogP contribution in [0.1, 0.15) is 11.6 Å². The van der Waals surface area contributed by atoms with Crippen molar-refractivity contribution < 1.29 is 14.3 Å². The summed E-state index contributed by atoms with van der Waals surface area (Å²) in [5, 5.41) is 12.0. The first-order chi connectivity index (χ1) is 9.08. The predicted octanol–water partition coefficient (Wildman–Crippen LogP) is 3.83. The van der Waals surface area contributed by atoms with Crippen LogP contribution in [0.25, 0.3) is 0 Å². The average molecular weight is 324 g/mol. The van der Waals surface area contributed by atoms with Crippen molar-refractivity contribution in [3.05, 3.63) is 64.4 Å². The van der Waals surface area contributed by atoms with Crippen molar-refractivity contribution in [3.63, 3.8) is 0 Å². The number of hydrogen-bond donors (Lipinski definition) is 2. The molecule has 19 heavy (non-hydrogen) atoms. The van der Waals surface area contributed by atoms with Crippen molar-refractivity contribution in [3.8, 4) is 0 Å². The van der Waals surface area contributed by atoms with Gasteiger partial charge in [-0.05, 0) is 24.3 Å². The number of benzene rings is 2. The zero-order valence-electron chi connectivity index (χ0n) is 9.81. The molecule has 0 aliphatic carbocycles. The fraction of sp³-hybridized carbons (Fsp3) is 0.0714. The molecule has 2 aromatic carbocycles. The van der Waals surface area contributed by atoms with Crippen molar-refractivity contribution in [2.45, 2.75) is 6.04 Å². The Kier molecular flexibility index (Phi) is 4.16. The van der Waals surface area contributed by atoms with Gasteiger partial charge in [0.15, 0.2) is 6.04 Å². The minimum absolute atomic E-state index is 0.0968. The number of aliphatic carboxylic acids is 1. The number of anilines is 1. The van der Waals surface area contributed by atoms with Crippen molar-refractivity contribution in [1.29, 1.82) is 0 Å². The number of para-hydroxylation sites is 1. The first-order valence-electron chi connectivity index (χ1n) is 5.57. The van der Waals surface area contributed by atoms with Crippen LogP contribution in [0.15, 0.2) is 53.0 Å². The molecule has 0 aliphatic rings. The molecule has 0 fully saturated rings. The fourth-order valence-electron chi connectivity index (χ4n) is 1.71.